The minimum Gasteiger partial charge on any atom is -0.464 e. The summed E-state index contributed by atoms with van der Waals surface area (Å²) in [5, 5.41) is 13.3. The van der Waals surface area contributed by atoms with Crippen LogP contribution in [0.3, 0.4) is 0 Å². The van der Waals surface area contributed by atoms with Crippen molar-refractivity contribution in [1.29, 1.82) is 0 Å². The molecule has 0 unspecified atom stereocenters. The first-order valence-corrected chi connectivity index (χ1v) is 4.08. The van der Waals surface area contributed by atoms with Gasteiger partial charge in [-0.1, -0.05) is 13.3 Å². The van der Waals surface area contributed by atoms with E-state index in [2.05, 4.69) is 12.0 Å². The first-order chi connectivity index (χ1) is 5.57. The van der Waals surface area contributed by atoms with Crippen molar-refractivity contribution >= 4 is 11.8 Å². The first kappa shape index (κ1) is 10.9. The molecule has 0 bridgehead atoms. The topological polar surface area (TPSA) is 52.9 Å². The average Bonchev–Trinajstić information content (AvgIpc) is 2.00. The molecular weight excluding hydrogens is 156 g/mol. The van der Waals surface area contributed by atoms with Crippen LogP contribution >= 0.6 is 0 Å². The molecule has 1 amide bonds. The molecule has 0 aliphatic rings. The van der Waals surface area contributed by atoms with Gasteiger partial charge in [0.15, 0.2) is 0 Å². The smallest absolute Gasteiger partial charge is 0.427 e. The number of hydrogen-bond donors (Lipinski definition) is 1. The molecule has 0 fully saturated rings. The van der Waals surface area contributed by atoms with Gasteiger partial charge >= 0.3 is 6.09 Å². The molecule has 4 heteroatoms. The normalized spacial score (nSPS) is 11.4. The monoisotopic (exact) mass is 172 g/mol. The fourth-order valence-corrected chi connectivity index (χ4v) is 0.781. The molecule has 0 radical (unpaired) electrons. The molecule has 1 N–H and O–H groups in total. The Kier molecular flexibility index (Phi) is 5.08. The fourth-order valence-electron chi connectivity index (χ4n) is 0.781. The molecule has 0 aromatic heterocycles. The molecule has 0 aromatic carbocycles. The maximum atomic E-state index is 10.3. The number of unbranched alkanes of at least 4 members (excludes halogenated alkanes) is 1. The van der Waals surface area contributed by atoms with E-state index in [9.17, 15) is 4.79 Å². The molecule has 0 rings (SSSR count). The van der Waals surface area contributed by atoms with Crippen molar-refractivity contribution in [3.8, 4) is 0 Å². The van der Waals surface area contributed by atoms with Gasteiger partial charge in [-0.25, -0.2) is 9.80 Å². The summed E-state index contributed by atoms with van der Waals surface area (Å²) in [6, 6.07) is 0. The van der Waals surface area contributed by atoms with Crippen LogP contribution in [0.4, 0.5) is 4.79 Å². The van der Waals surface area contributed by atoms with Crippen molar-refractivity contribution in [2.75, 3.05) is 7.05 Å². The number of carboxylic acid groups (broad SMARTS) is 1. The number of carbonyl (C=O) groups is 1. The predicted octanol–water partition coefficient (Wildman–Crippen LogP) is 2.16. The quantitative estimate of drug-likeness (QED) is 0.522. The van der Waals surface area contributed by atoms with Crippen molar-refractivity contribution < 1.29 is 9.90 Å². The van der Waals surface area contributed by atoms with Gasteiger partial charge in [-0.15, -0.1) is 0 Å². The highest BCUT2D eigenvalue weighted by Crippen LogP contribution is 1.98. The van der Waals surface area contributed by atoms with E-state index in [4.69, 9.17) is 5.11 Å². The highest BCUT2D eigenvalue weighted by atomic mass is 16.4. The van der Waals surface area contributed by atoms with E-state index in [1.165, 1.54) is 7.05 Å². The van der Waals surface area contributed by atoms with Gasteiger partial charge in [0.05, 0.1) is 0 Å². The Balaban J connectivity index is 3.89. The summed E-state index contributed by atoms with van der Waals surface area (Å²) >= 11 is 0. The zero-order valence-corrected chi connectivity index (χ0v) is 7.87. The Morgan fingerprint density at radius 3 is 2.58 bits per heavy atom. The van der Waals surface area contributed by atoms with Crippen LogP contribution in [0.25, 0.3) is 0 Å². The molecule has 12 heavy (non-hydrogen) atoms. The number of rotatable bonds is 4. The molecule has 4 nitrogen and oxygen atoms in total. The molecule has 0 saturated heterocycles. The predicted molar refractivity (Wildman–Crippen MR) is 48.4 cm³/mol. The van der Waals surface area contributed by atoms with Crippen LogP contribution in [0.15, 0.2) is 5.10 Å². The summed E-state index contributed by atoms with van der Waals surface area (Å²) in [5.74, 6) is 0. The van der Waals surface area contributed by atoms with Gasteiger partial charge < -0.3 is 5.11 Å². The van der Waals surface area contributed by atoms with Gasteiger partial charge in [-0.3, -0.25) is 0 Å². The van der Waals surface area contributed by atoms with Crippen LogP contribution in [-0.2, 0) is 0 Å². The van der Waals surface area contributed by atoms with Crippen LogP contribution in [-0.4, -0.2) is 29.0 Å². The molecule has 0 spiro atoms. The van der Waals surface area contributed by atoms with Gasteiger partial charge in [0.2, 0.25) is 0 Å². The Hall–Kier alpha value is -1.06. The molecule has 0 aliphatic heterocycles. The zero-order valence-electron chi connectivity index (χ0n) is 7.87. The van der Waals surface area contributed by atoms with Crippen molar-refractivity contribution in [2.24, 2.45) is 5.10 Å². The molecule has 0 aliphatic carbocycles. The van der Waals surface area contributed by atoms with Crippen molar-refractivity contribution in [3.63, 3.8) is 0 Å². The fraction of sp³-hybridized carbons (Fsp3) is 0.750. The average molecular weight is 172 g/mol. The van der Waals surface area contributed by atoms with Crippen molar-refractivity contribution in [2.45, 2.75) is 33.1 Å². The molecule has 0 saturated carbocycles. The van der Waals surface area contributed by atoms with Gasteiger partial charge in [0.1, 0.15) is 0 Å². The maximum absolute atomic E-state index is 10.3. The van der Waals surface area contributed by atoms with Gasteiger partial charge in [0.25, 0.3) is 0 Å². The van der Waals surface area contributed by atoms with Crippen LogP contribution in [0, 0.1) is 0 Å². The van der Waals surface area contributed by atoms with E-state index in [-0.39, 0.29) is 0 Å². The Morgan fingerprint density at radius 1 is 1.58 bits per heavy atom. The van der Waals surface area contributed by atoms with E-state index in [0.717, 1.165) is 30.0 Å². The molecule has 0 atom stereocenters. The lowest BCUT2D eigenvalue weighted by Gasteiger charge is -2.07. The van der Waals surface area contributed by atoms with E-state index >= 15 is 0 Å². The number of nitrogens with zero attached hydrogens (tertiary/aromatic N) is 2. The molecular formula is C8H16N2O2. The lowest BCUT2D eigenvalue weighted by atomic mass is 10.2. The van der Waals surface area contributed by atoms with Crippen LogP contribution in [0.2, 0.25) is 0 Å². The van der Waals surface area contributed by atoms with Crippen LogP contribution in [0.1, 0.15) is 33.1 Å². The van der Waals surface area contributed by atoms with E-state index in [1.54, 1.807) is 0 Å². The molecule has 0 aromatic rings. The van der Waals surface area contributed by atoms with E-state index in [0.29, 0.717) is 0 Å². The third-order valence-electron chi connectivity index (χ3n) is 1.49. The summed E-state index contributed by atoms with van der Waals surface area (Å²) in [6.45, 7) is 3.93. The summed E-state index contributed by atoms with van der Waals surface area (Å²) in [4.78, 5) is 10.3. The van der Waals surface area contributed by atoms with Gasteiger partial charge in [-0.2, -0.15) is 5.10 Å². The highest BCUT2D eigenvalue weighted by Gasteiger charge is 2.02. The largest absolute Gasteiger partial charge is 0.464 e. The number of hydrogen-bond acceptors (Lipinski definition) is 2. The highest BCUT2D eigenvalue weighted by molar-refractivity contribution is 5.82. The van der Waals surface area contributed by atoms with Gasteiger partial charge in [0, 0.05) is 12.8 Å². The molecule has 70 valence electrons. The zero-order chi connectivity index (χ0) is 9.56. The number of hydrazone groups is 1. The maximum Gasteiger partial charge on any atom is 0.427 e. The second kappa shape index (κ2) is 5.57. The number of amides is 1. The Bertz CT molecular complexity index is 178. The van der Waals surface area contributed by atoms with Gasteiger partial charge in [-0.05, 0) is 19.8 Å². The Morgan fingerprint density at radius 2 is 2.17 bits per heavy atom. The minimum atomic E-state index is -1.02. The second-order valence-corrected chi connectivity index (χ2v) is 2.75. The van der Waals surface area contributed by atoms with Crippen LogP contribution in [0.5, 0.6) is 0 Å². The van der Waals surface area contributed by atoms with Crippen molar-refractivity contribution in [1.82, 2.24) is 5.01 Å². The summed E-state index contributed by atoms with van der Waals surface area (Å²) in [5.41, 5.74) is 0.863. The summed E-state index contributed by atoms with van der Waals surface area (Å²) < 4.78 is 0. The third kappa shape index (κ3) is 4.71. The standard InChI is InChI=1S/C8H16N2O2/c1-4-5-6-7(2)9-10(3)8(11)12/h4-6H2,1-3H3,(H,11,12). The first-order valence-electron chi connectivity index (χ1n) is 4.08. The summed E-state index contributed by atoms with van der Waals surface area (Å²) in [6.07, 6.45) is 2.01. The SMILES string of the molecule is CCCCC(C)=NN(C)C(=O)O. The van der Waals surface area contributed by atoms with Crippen molar-refractivity contribution in [3.05, 3.63) is 0 Å². The summed E-state index contributed by atoms with van der Waals surface area (Å²) in [7, 11) is 1.43. The lowest BCUT2D eigenvalue weighted by Crippen LogP contribution is -2.19. The van der Waals surface area contributed by atoms with Crippen LogP contribution < -0.4 is 0 Å². The van der Waals surface area contributed by atoms with E-state index < -0.39 is 6.09 Å². The minimum absolute atomic E-state index is 0.863. The third-order valence-corrected chi connectivity index (χ3v) is 1.49. The van der Waals surface area contributed by atoms with E-state index in [1.807, 2.05) is 6.92 Å². The Labute approximate surface area is 72.9 Å². The molecule has 0 heterocycles. The lowest BCUT2D eigenvalue weighted by molar-refractivity contribution is 0.157. The second-order valence-electron chi connectivity index (χ2n) is 2.75.